The molecule has 0 amide bonds. The van der Waals surface area contributed by atoms with Crippen molar-refractivity contribution in [3.8, 4) is 6.07 Å². The average molecular weight is 195 g/mol. The van der Waals surface area contributed by atoms with E-state index in [-0.39, 0.29) is 0 Å². The molecule has 1 unspecified atom stereocenters. The molecule has 1 aliphatic heterocycles. The van der Waals surface area contributed by atoms with Crippen LogP contribution >= 0.6 is 0 Å². The van der Waals surface area contributed by atoms with Crippen LogP contribution in [0.4, 0.5) is 0 Å². The van der Waals surface area contributed by atoms with E-state index in [9.17, 15) is 0 Å². The van der Waals surface area contributed by atoms with E-state index in [0.29, 0.717) is 18.0 Å². The molecular formula is C11H21N3. The van der Waals surface area contributed by atoms with Gasteiger partial charge in [-0.1, -0.05) is 0 Å². The van der Waals surface area contributed by atoms with Crippen LogP contribution in [0.2, 0.25) is 0 Å². The van der Waals surface area contributed by atoms with E-state index < -0.39 is 0 Å². The molecule has 1 N–H and O–H groups in total. The van der Waals surface area contributed by atoms with Crippen LogP contribution in [0.5, 0.6) is 0 Å². The number of piperidine rings is 1. The molecule has 0 aromatic rings. The summed E-state index contributed by atoms with van der Waals surface area (Å²) >= 11 is 0. The number of nitrogens with zero attached hydrogens (tertiary/aromatic N) is 2. The maximum absolute atomic E-state index is 8.63. The molecule has 0 saturated carbocycles. The molecule has 3 heteroatoms. The Kier molecular flexibility index (Phi) is 3.91. The summed E-state index contributed by atoms with van der Waals surface area (Å²) < 4.78 is 0. The monoisotopic (exact) mass is 195 g/mol. The molecule has 80 valence electrons. The molecule has 0 spiro atoms. The smallest absolute Gasteiger partial charge is 0.0638 e. The first-order valence-corrected chi connectivity index (χ1v) is 5.41. The maximum Gasteiger partial charge on any atom is 0.0638 e. The van der Waals surface area contributed by atoms with E-state index in [1.807, 2.05) is 7.05 Å². The van der Waals surface area contributed by atoms with E-state index in [1.54, 1.807) is 0 Å². The zero-order valence-electron chi connectivity index (χ0n) is 9.51. The first-order valence-electron chi connectivity index (χ1n) is 5.41. The Morgan fingerprint density at radius 2 is 2.07 bits per heavy atom. The van der Waals surface area contributed by atoms with Crippen molar-refractivity contribution in [3.63, 3.8) is 0 Å². The summed E-state index contributed by atoms with van der Waals surface area (Å²) in [4.78, 5) is 2.42. The van der Waals surface area contributed by atoms with Gasteiger partial charge in [-0.05, 0) is 33.7 Å². The fourth-order valence-corrected chi connectivity index (χ4v) is 1.97. The van der Waals surface area contributed by atoms with Crippen LogP contribution in [0.1, 0.15) is 33.1 Å². The van der Waals surface area contributed by atoms with Gasteiger partial charge in [-0.2, -0.15) is 5.26 Å². The highest BCUT2D eigenvalue weighted by atomic mass is 15.2. The van der Waals surface area contributed by atoms with Gasteiger partial charge in [0.15, 0.2) is 0 Å². The highest BCUT2D eigenvalue weighted by Crippen LogP contribution is 2.22. The summed E-state index contributed by atoms with van der Waals surface area (Å²) in [5.74, 6) is 0. The molecule has 3 nitrogen and oxygen atoms in total. The molecule has 0 aliphatic carbocycles. The maximum atomic E-state index is 8.63. The molecular weight excluding hydrogens is 174 g/mol. The van der Waals surface area contributed by atoms with Crippen molar-refractivity contribution >= 4 is 0 Å². The third-order valence-electron chi connectivity index (χ3n) is 3.52. The zero-order valence-corrected chi connectivity index (χ0v) is 9.51. The number of likely N-dealkylation sites (tertiary alicyclic amines) is 1. The Morgan fingerprint density at radius 1 is 1.50 bits per heavy atom. The van der Waals surface area contributed by atoms with Gasteiger partial charge in [-0.3, -0.25) is 4.90 Å². The van der Waals surface area contributed by atoms with Crippen molar-refractivity contribution in [2.45, 2.75) is 44.7 Å². The molecule has 0 radical (unpaired) electrons. The van der Waals surface area contributed by atoms with Gasteiger partial charge in [0.1, 0.15) is 0 Å². The van der Waals surface area contributed by atoms with E-state index >= 15 is 0 Å². The second-order valence-electron chi connectivity index (χ2n) is 4.56. The molecule has 1 saturated heterocycles. The summed E-state index contributed by atoms with van der Waals surface area (Å²) in [6.45, 7) is 6.64. The summed E-state index contributed by atoms with van der Waals surface area (Å²) in [6, 6.07) is 2.66. The van der Waals surface area contributed by atoms with Crippen molar-refractivity contribution in [3.05, 3.63) is 0 Å². The molecule has 1 aliphatic rings. The van der Waals surface area contributed by atoms with Gasteiger partial charge in [-0.25, -0.2) is 0 Å². The average Bonchev–Trinajstić information content (AvgIpc) is 2.19. The molecule has 1 fully saturated rings. The molecule has 1 heterocycles. The predicted molar refractivity (Wildman–Crippen MR) is 58.0 cm³/mol. The SMILES string of the molecule is CNC1(C)CCN(C(C)CC#N)CC1. The Morgan fingerprint density at radius 3 is 2.50 bits per heavy atom. The van der Waals surface area contributed by atoms with Gasteiger partial charge in [0.05, 0.1) is 12.5 Å². The summed E-state index contributed by atoms with van der Waals surface area (Å²) in [5, 5.41) is 12.0. The summed E-state index contributed by atoms with van der Waals surface area (Å²) in [5.41, 5.74) is 0.308. The Bertz CT molecular complexity index is 211. The second kappa shape index (κ2) is 4.77. The third-order valence-corrected chi connectivity index (χ3v) is 3.52. The van der Waals surface area contributed by atoms with Crippen molar-refractivity contribution in [1.29, 1.82) is 5.26 Å². The second-order valence-corrected chi connectivity index (χ2v) is 4.56. The van der Waals surface area contributed by atoms with Crippen LogP contribution in [0.25, 0.3) is 0 Å². The predicted octanol–water partition coefficient (Wildman–Crippen LogP) is 1.36. The van der Waals surface area contributed by atoms with Crippen LogP contribution in [-0.4, -0.2) is 36.6 Å². The minimum Gasteiger partial charge on any atom is -0.314 e. The highest BCUT2D eigenvalue weighted by molar-refractivity contribution is 4.91. The number of rotatable bonds is 3. The van der Waals surface area contributed by atoms with Crippen LogP contribution in [-0.2, 0) is 0 Å². The van der Waals surface area contributed by atoms with Crippen molar-refractivity contribution in [2.75, 3.05) is 20.1 Å². The van der Waals surface area contributed by atoms with E-state index in [1.165, 1.54) is 12.8 Å². The van der Waals surface area contributed by atoms with Crippen LogP contribution < -0.4 is 5.32 Å². The molecule has 1 rings (SSSR count). The van der Waals surface area contributed by atoms with Gasteiger partial charge in [0, 0.05) is 24.7 Å². The molecule has 0 aromatic carbocycles. The Labute approximate surface area is 87.1 Å². The minimum absolute atomic E-state index is 0.308. The lowest BCUT2D eigenvalue weighted by Gasteiger charge is -2.41. The fraction of sp³-hybridized carbons (Fsp3) is 0.909. The van der Waals surface area contributed by atoms with E-state index in [0.717, 1.165) is 13.1 Å². The first kappa shape index (κ1) is 11.5. The lowest BCUT2D eigenvalue weighted by atomic mass is 9.89. The Balaban J connectivity index is 2.39. The standard InChI is InChI=1S/C11H21N3/c1-10(4-7-12)14-8-5-11(2,13-3)6-9-14/h10,13H,4-6,8-9H2,1-3H3. The lowest BCUT2D eigenvalue weighted by Crippen LogP contribution is -2.51. The molecule has 1 atom stereocenters. The van der Waals surface area contributed by atoms with Crippen molar-refractivity contribution in [1.82, 2.24) is 10.2 Å². The number of hydrogen-bond acceptors (Lipinski definition) is 3. The summed E-state index contributed by atoms with van der Waals surface area (Å²) in [6.07, 6.45) is 3.01. The zero-order chi connectivity index (χ0) is 10.6. The number of nitriles is 1. The number of hydrogen-bond donors (Lipinski definition) is 1. The molecule has 14 heavy (non-hydrogen) atoms. The quantitative estimate of drug-likeness (QED) is 0.739. The van der Waals surface area contributed by atoms with Gasteiger partial charge in [0.25, 0.3) is 0 Å². The molecule has 0 aromatic heterocycles. The van der Waals surface area contributed by atoms with Gasteiger partial charge in [-0.15, -0.1) is 0 Å². The lowest BCUT2D eigenvalue weighted by molar-refractivity contribution is 0.119. The number of nitrogens with one attached hydrogen (secondary N) is 1. The van der Waals surface area contributed by atoms with Crippen LogP contribution in [0, 0.1) is 11.3 Å². The normalized spacial score (nSPS) is 24.1. The van der Waals surface area contributed by atoms with E-state index in [2.05, 4.69) is 30.1 Å². The first-order chi connectivity index (χ1) is 6.61. The third kappa shape index (κ3) is 2.70. The van der Waals surface area contributed by atoms with Crippen LogP contribution in [0.15, 0.2) is 0 Å². The molecule has 0 bridgehead atoms. The van der Waals surface area contributed by atoms with Gasteiger partial charge in [0.2, 0.25) is 0 Å². The Hall–Kier alpha value is -0.590. The van der Waals surface area contributed by atoms with Crippen molar-refractivity contribution < 1.29 is 0 Å². The summed E-state index contributed by atoms with van der Waals surface area (Å²) in [7, 11) is 2.04. The van der Waals surface area contributed by atoms with Gasteiger partial charge >= 0.3 is 0 Å². The largest absolute Gasteiger partial charge is 0.314 e. The topological polar surface area (TPSA) is 39.1 Å². The van der Waals surface area contributed by atoms with Crippen molar-refractivity contribution in [2.24, 2.45) is 0 Å². The van der Waals surface area contributed by atoms with E-state index in [4.69, 9.17) is 5.26 Å². The van der Waals surface area contributed by atoms with Crippen LogP contribution in [0.3, 0.4) is 0 Å². The minimum atomic E-state index is 0.308. The van der Waals surface area contributed by atoms with Gasteiger partial charge < -0.3 is 5.32 Å². The highest BCUT2D eigenvalue weighted by Gasteiger charge is 2.29. The fourth-order valence-electron chi connectivity index (χ4n) is 1.97.